The second-order valence-corrected chi connectivity index (χ2v) is 2.54. The van der Waals surface area contributed by atoms with Crippen LogP contribution in [0.3, 0.4) is 0 Å². The molecule has 0 saturated carbocycles. The van der Waals surface area contributed by atoms with Gasteiger partial charge in [-0.25, -0.2) is 9.59 Å². The second kappa shape index (κ2) is 11.0. The third-order valence-electron chi connectivity index (χ3n) is 1.07. The standard InChI is InChI=1S/2C5H8O2.Al.3H/c2*1-4(2)5(6)7-3;;;;/h2*1H2,2-3H3;;;;. The van der Waals surface area contributed by atoms with Crippen molar-refractivity contribution in [2.24, 2.45) is 0 Å². The summed E-state index contributed by atoms with van der Waals surface area (Å²) in [7, 11) is 2.66. The van der Waals surface area contributed by atoms with Gasteiger partial charge < -0.3 is 9.47 Å². The highest BCUT2D eigenvalue weighted by molar-refractivity contribution is 5.87. The molecule has 0 heterocycles. The minimum absolute atomic E-state index is 0. The molecule has 0 spiro atoms. The Hall–Kier alpha value is -1.05. The van der Waals surface area contributed by atoms with Gasteiger partial charge in [0.1, 0.15) is 0 Å². The normalized spacial score (nSPS) is 7.20. The van der Waals surface area contributed by atoms with Gasteiger partial charge >= 0.3 is 11.9 Å². The Morgan fingerprint density at radius 2 is 1.07 bits per heavy atom. The molecule has 0 atom stereocenters. The zero-order valence-corrected chi connectivity index (χ0v) is 9.05. The Bertz CT molecular complexity index is 220. The number of carbonyl (C=O) groups excluding carboxylic acids is 2. The second-order valence-electron chi connectivity index (χ2n) is 2.54. The molecule has 0 fully saturated rings. The van der Waals surface area contributed by atoms with E-state index in [9.17, 15) is 9.59 Å². The van der Waals surface area contributed by atoms with Crippen LogP contribution < -0.4 is 0 Å². The molecule has 86 valence electrons. The van der Waals surface area contributed by atoms with E-state index >= 15 is 0 Å². The van der Waals surface area contributed by atoms with Crippen molar-refractivity contribution in [2.75, 3.05) is 14.2 Å². The fraction of sp³-hybridized carbons (Fsp3) is 0.400. The van der Waals surface area contributed by atoms with Crippen molar-refractivity contribution in [1.29, 1.82) is 0 Å². The highest BCUT2D eigenvalue weighted by Gasteiger charge is 1.96. The fourth-order valence-corrected chi connectivity index (χ4v) is 0.348. The molecule has 0 radical (unpaired) electrons. The van der Waals surface area contributed by atoms with Gasteiger partial charge in [-0.2, -0.15) is 0 Å². The smallest absolute Gasteiger partial charge is 0.332 e. The predicted molar refractivity (Wildman–Crippen MR) is 63.6 cm³/mol. The molecule has 0 N–H and O–H groups in total. The van der Waals surface area contributed by atoms with E-state index in [1.807, 2.05) is 0 Å². The number of ether oxygens (including phenoxy) is 2. The van der Waals surface area contributed by atoms with E-state index in [1.54, 1.807) is 13.8 Å². The molecule has 0 aromatic carbocycles. The molecule has 0 rings (SSSR count). The molecule has 0 saturated heterocycles. The van der Waals surface area contributed by atoms with Crippen LogP contribution in [0.4, 0.5) is 0 Å². The lowest BCUT2D eigenvalue weighted by atomic mass is 10.4. The van der Waals surface area contributed by atoms with Crippen molar-refractivity contribution in [3.63, 3.8) is 0 Å². The van der Waals surface area contributed by atoms with E-state index in [4.69, 9.17) is 0 Å². The van der Waals surface area contributed by atoms with Crippen LogP contribution in [0, 0.1) is 0 Å². The van der Waals surface area contributed by atoms with E-state index in [2.05, 4.69) is 22.6 Å². The molecule has 0 bridgehead atoms. The molecule has 0 unspecified atom stereocenters. The summed E-state index contributed by atoms with van der Waals surface area (Å²) in [6, 6.07) is 0. The van der Waals surface area contributed by atoms with Crippen LogP contribution >= 0.6 is 0 Å². The number of rotatable bonds is 2. The Balaban J connectivity index is -0.000000180. The van der Waals surface area contributed by atoms with Crippen molar-refractivity contribution >= 4 is 29.3 Å². The first-order valence-corrected chi connectivity index (χ1v) is 3.84. The van der Waals surface area contributed by atoms with Gasteiger partial charge in [-0.1, -0.05) is 13.2 Å². The Morgan fingerprint density at radius 3 is 1.07 bits per heavy atom. The zero-order valence-electron chi connectivity index (χ0n) is 9.05. The molecular weight excluding hydrogens is 211 g/mol. The first-order valence-electron chi connectivity index (χ1n) is 3.84. The molecule has 0 aliphatic carbocycles. The maximum absolute atomic E-state index is 10.2. The predicted octanol–water partition coefficient (Wildman–Crippen LogP) is 0.287. The lowest BCUT2D eigenvalue weighted by Gasteiger charge is -1.91. The molecule has 0 aromatic heterocycles. The maximum Gasteiger partial charge on any atom is 0.332 e. The van der Waals surface area contributed by atoms with Crippen LogP contribution in [-0.2, 0) is 19.1 Å². The number of hydrogen-bond donors (Lipinski definition) is 0. The average Bonchev–Trinajstić information content (AvgIpc) is 2.15. The van der Waals surface area contributed by atoms with E-state index in [1.165, 1.54) is 14.2 Å². The van der Waals surface area contributed by atoms with Gasteiger partial charge in [-0.15, -0.1) is 0 Å². The minimum atomic E-state index is -0.347. The van der Waals surface area contributed by atoms with E-state index in [0.29, 0.717) is 11.1 Å². The third kappa shape index (κ3) is 13.0. The summed E-state index contributed by atoms with van der Waals surface area (Å²) in [5, 5.41) is 0. The van der Waals surface area contributed by atoms with Gasteiger partial charge in [0.2, 0.25) is 0 Å². The molecule has 0 aliphatic heterocycles. The van der Waals surface area contributed by atoms with Gasteiger partial charge in [0.15, 0.2) is 17.4 Å². The summed E-state index contributed by atoms with van der Waals surface area (Å²) >= 11 is 0. The third-order valence-corrected chi connectivity index (χ3v) is 1.07. The van der Waals surface area contributed by atoms with Crippen LogP contribution in [0.1, 0.15) is 13.8 Å². The van der Waals surface area contributed by atoms with Crippen molar-refractivity contribution in [2.45, 2.75) is 13.8 Å². The first kappa shape index (κ1) is 19.5. The van der Waals surface area contributed by atoms with Crippen LogP contribution in [0.25, 0.3) is 0 Å². The van der Waals surface area contributed by atoms with E-state index in [-0.39, 0.29) is 29.3 Å². The van der Waals surface area contributed by atoms with Crippen molar-refractivity contribution in [3.8, 4) is 0 Å². The largest absolute Gasteiger partial charge is 0.466 e. The topological polar surface area (TPSA) is 52.6 Å². The van der Waals surface area contributed by atoms with Crippen LogP contribution in [0.15, 0.2) is 24.3 Å². The molecule has 15 heavy (non-hydrogen) atoms. The summed E-state index contributed by atoms with van der Waals surface area (Å²) in [6.45, 7) is 9.91. The number of methoxy groups -OCH3 is 2. The van der Waals surface area contributed by atoms with Crippen molar-refractivity contribution in [3.05, 3.63) is 24.3 Å². The van der Waals surface area contributed by atoms with Gasteiger partial charge in [-0.05, 0) is 13.8 Å². The lowest BCUT2D eigenvalue weighted by Crippen LogP contribution is -1.98. The molecule has 0 amide bonds. The molecule has 4 nitrogen and oxygen atoms in total. The average molecular weight is 230 g/mol. The Morgan fingerprint density at radius 1 is 0.867 bits per heavy atom. The minimum Gasteiger partial charge on any atom is -0.466 e. The summed E-state index contributed by atoms with van der Waals surface area (Å²) in [4.78, 5) is 20.4. The van der Waals surface area contributed by atoms with Crippen molar-refractivity contribution < 1.29 is 19.1 Å². The number of esters is 2. The van der Waals surface area contributed by atoms with Crippen LogP contribution in [-0.4, -0.2) is 43.5 Å². The Labute approximate surface area is 101 Å². The summed E-state index contributed by atoms with van der Waals surface area (Å²) in [5.74, 6) is -0.694. The van der Waals surface area contributed by atoms with Crippen molar-refractivity contribution in [1.82, 2.24) is 0 Å². The Kier molecular flexibility index (Phi) is 14.3. The van der Waals surface area contributed by atoms with Gasteiger partial charge in [0, 0.05) is 11.1 Å². The maximum atomic E-state index is 10.2. The molecule has 0 aromatic rings. The van der Waals surface area contributed by atoms with Crippen LogP contribution in [0.5, 0.6) is 0 Å². The summed E-state index contributed by atoms with van der Waals surface area (Å²) in [6.07, 6.45) is 0. The van der Waals surface area contributed by atoms with Gasteiger partial charge in [-0.3, -0.25) is 0 Å². The zero-order chi connectivity index (χ0) is 11.7. The highest BCUT2D eigenvalue weighted by atomic mass is 27.0. The quantitative estimate of drug-likeness (QED) is 0.388. The summed E-state index contributed by atoms with van der Waals surface area (Å²) < 4.78 is 8.55. The van der Waals surface area contributed by atoms with Crippen LogP contribution in [0.2, 0.25) is 0 Å². The lowest BCUT2D eigenvalue weighted by molar-refractivity contribution is -0.136. The van der Waals surface area contributed by atoms with Gasteiger partial charge in [0.05, 0.1) is 14.2 Å². The number of hydrogen-bond acceptors (Lipinski definition) is 4. The SMILES string of the molecule is C=C(C)C(=O)OC.C=C(C)C(=O)OC.[AlH3]. The summed E-state index contributed by atoms with van der Waals surface area (Å²) in [5.41, 5.74) is 0.866. The molecule has 5 heteroatoms. The fourth-order valence-electron chi connectivity index (χ4n) is 0.348. The first-order chi connectivity index (χ1) is 6.36. The molecule has 0 aliphatic rings. The van der Waals surface area contributed by atoms with Gasteiger partial charge in [0.25, 0.3) is 0 Å². The van der Waals surface area contributed by atoms with E-state index < -0.39 is 0 Å². The number of carbonyl (C=O) groups is 2. The monoisotopic (exact) mass is 230 g/mol. The molecular formula is C10H19AlO4. The highest BCUT2D eigenvalue weighted by Crippen LogP contribution is 1.87. The van der Waals surface area contributed by atoms with E-state index in [0.717, 1.165) is 0 Å².